The highest BCUT2D eigenvalue weighted by Crippen LogP contribution is 2.38. The number of nitrogens with two attached hydrogens (primary N) is 1. The number of nitrogens with zero attached hydrogens (tertiary/aromatic N) is 4. The van der Waals surface area contributed by atoms with Gasteiger partial charge in [-0.1, -0.05) is 26.0 Å². The van der Waals surface area contributed by atoms with Crippen LogP contribution in [0, 0.1) is 0 Å². The first-order chi connectivity index (χ1) is 12.0. The smallest absolute Gasteiger partial charge is 0.282 e. The lowest BCUT2D eigenvalue weighted by Crippen LogP contribution is -2.43. The van der Waals surface area contributed by atoms with Crippen molar-refractivity contribution in [1.82, 2.24) is 25.0 Å². The monoisotopic (exact) mass is 382 g/mol. The van der Waals surface area contributed by atoms with Crippen molar-refractivity contribution in [3.63, 3.8) is 0 Å². The van der Waals surface area contributed by atoms with Crippen LogP contribution in [0.25, 0.3) is 11.2 Å². The standard InChI is InChI=1S/C15H26N6O4Si/c1-15(2,3)26(4,5)24-7-9-8(22)6-10(25-9)21-12-11(19-20-21)13(23)18-14(16)17-12/h8-10,22H,6-7H2,1-5H3,(H3,16,17,18,23)/t8-,9+,10+/m0/s1. The summed E-state index contributed by atoms with van der Waals surface area (Å²) >= 11 is 0. The normalized spacial score (nSPS) is 24.5. The summed E-state index contributed by atoms with van der Waals surface area (Å²) in [6, 6.07) is 0. The van der Waals surface area contributed by atoms with E-state index in [0.717, 1.165) is 0 Å². The minimum absolute atomic E-state index is 0.0256. The van der Waals surface area contributed by atoms with E-state index in [2.05, 4.69) is 54.1 Å². The Morgan fingerprint density at radius 3 is 2.81 bits per heavy atom. The molecule has 1 saturated heterocycles. The minimum Gasteiger partial charge on any atom is -0.414 e. The SMILES string of the molecule is CC(C)(C)[Si](C)(C)OC[C@H]1O[C@@H](n2nnc3c(=O)[nH]c(N)nc32)C[C@@H]1O. The molecule has 144 valence electrons. The van der Waals surface area contributed by atoms with Crippen molar-refractivity contribution < 1.29 is 14.3 Å². The number of aromatic nitrogens is 5. The first-order valence-electron chi connectivity index (χ1n) is 8.58. The molecule has 3 atom stereocenters. The second-order valence-corrected chi connectivity index (χ2v) is 13.0. The van der Waals surface area contributed by atoms with E-state index in [1.807, 2.05) is 0 Å². The van der Waals surface area contributed by atoms with E-state index in [1.54, 1.807) is 0 Å². The third-order valence-electron chi connectivity index (χ3n) is 5.24. The number of fused-ring (bicyclic) bond motifs is 1. The number of nitrogen functional groups attached to an aromatic ring is 1. The Kier molecular flexibility index (Phi) is 4.67. The number of hydrogen-bond acceptors (Lipinski definition) is 8. The number of ether oxygens (including phenoxy) is 1. The molecule has 3 rings (SSSR count). The highest BCUT2D eigenvalue weighted by Gasteiger charge is 2.41. The van der Waals surface area contributed by atoms with E-state index in [1.165, 1.54) is 4.68 Å². The van der Waals surface area contributed by atoms with Crippen LogP contribution in [-0.4, -0.2) is 57.2 Å². The first-order valence-corrected chi connectivity index (χ1v) is 11.5. The maximum Gasteiger partial charge on any atom is 0.282 e. The van der Waals surface area contributed by atoms with Crippen LogP contribution in [0.15, 0.2) is 4.79 Å². The van der Waals surface area contributed by atoms with Gasteiger partial charge in [-0.2, -0.15) is 9.67 Å². The van der Waals surface area contributed by atoms with Gasteiger partial charge in [-0.05, 0) is 18.1 Å². The van der Waals surface area contributed by atoms with E-state index < -0.39 is 32.3 Å². The van der Waals surface area contributed by atoms with Gasteiger partial charge in [0, 0.05) is 6.42 Å². The van der Waals surface area contributed by atoms with Gasteiger partial charge in [-0.3, -0.25) is 9.78 Å². The predicted molar refractivity (Wildman–Crippen MR) is 98.0 cm³/mol. The molecular weight excluding hydrogens is 356 g/mol. The lowest BCUT2D eigenvalue weighted by Gasteiger charge is -2.37. The summed E-state index contributed by atoms with van der Waals surface area (Å²) in [5.41, 5.74) is 5.45. The van der Waals surface area contributed by atoms with E-state index in [9.17, 15) is 9.90 Å². The Labute approximate surface area is 151 Å². The maximum absolute atomic E-state index is 11.9. The lowest BCUT2D eigenvalue weighted by molar-refractivity contribution is -0.0450. The zero-order valence-electron chi connectivity index (χ0n) is 15.7. The van der Waals surface area contributed by atoms with Crippen molar-refractivity contribution in [2.24, 2.45) is 0 Å². The molecule has 0 amide bonds. The molecular formula is C15H26N6O4Si. The Hall–Kier alpha value is -1.82. The van der Waals surface area contributed by atoms with Crippen LogP contribution in [-0.2, 0) is 9.16 Å². The molecule has 11 heteroatoms. The summed E-state index contributed by atoms with van der Waals surface area (Å²) in [5, 5.41) is 18.2. The highest BCUT2D eigenvalue weighted by atomic mass is 28.4. The number of hydrogen-bond donors (Lipinski definition) is 3. The molecule has 1 fully saturated rings. The molecule has 0 aliphatic carbocycles. The summed E-state index contributed by atoms with van der Waals surface area (Å²) in [7, 11) is -1.95. The van der Waals surface area contributed by atoms with Crippen molar-refractivity contribution in [2.75, 3.05) is 12.3 Å². The van der Waals surface area contributed by atoms with Gasteiger partial charge in [0.25, 0.3) is 5.56 Å². The highest BCUT2D eigenvalue weighted by molar-refractivity contribution is 6.74. The molecule has 2 aromatic heterocycles. The fraction of sp³-hybridized carbons (Fsp3) is 0.733. The van der Waals surface area contributed by atoms with Crippen molar-refractivity contribution in [3.8, 4) is 0 Å². The third kappa shape index (κ3) is 3.39. The Morgan fingerprint density at radius 2 is 2.15 bits per heavy atom. The molecule has 0 spiro atoms. The van der Waals surface area contributed by atoms with E-state index in [0.29, 0.717) is 13.0 Å². The van der Waals surface area contributed by atoms with Gasteiger partial charge in [0.2, 0.25) is 5.95 Å². The average Bonchev–Trinajstić information content (AvgIpc) is 3.07. The molecule has 0 aromatic carbocycles. The van der Waals surface area contributed by atoms with Gasteiger partial charge in [0.15, 0.2) is 25.7 Å². The van der Waals surface area contributed by atoms with Crippen molar-refractivity contribution in [2.45, 2.75) is 63.8 Å². The molecule has 10 nitrogen and oxygen atoms in total. The molecule has 3 heterocycles. The molecule has 4 N–H and O–H groups in total. The van der Waals surface area contributed by atoms with Gasteiger partial charge in [0.05, 0.1) is 12.7 Å². The van der Waals surface area contributed by atoms with Crippen LogP contribution in [0.2, 0.25) is 18.1 Å². The summed E-state index contributed by atoms with van der Waals surface area (Å²) in [5.74, 6) is -0.0256. The van der Waals surface area contributed by atoms with Gasteiger partial charge in [-0.15, -0.1) is 5.10 Å². The van der Waals surface area contributed by atoms with E-state index in [4.69, 9.17) is 14.9 Å². The van der Waals surface area contributed by atoms with Crippen LogP contribution in [0.1, 0.15) is 33.4 Å². The number of H-pyrrole nitrogens is 1. The summed E-state index contributed by atoms with van der Waals surface area (Å²) in [6.45, 7) is 11.1. The van der Waals surface area contributed by atoms with Crippen LogP contribution >= 0.6 is 0 Å². The molecule has 0 unspecified atom stereocenters. The number of nitrogens with one attached hydrogen (secondary N) is 1. The van der Waals surface area contributed by atoms with Gasteiger partial charge in [-0.25, -0.2) is 0 Å². The maximum atomic E-state index is 11.9. The van der Waals surface area contributed by atoms with Gasteiger partial charge >= 0.3 is 0 Å². The lowest BCUT2D eigenvalue weighted by atomic mass is 10.2. The van der Waals surface area contributed by atoms with Gasteiger partial charge in [0.1, 0.15) is 6.10 Å². The molecule has 26 heavy (non-hydrogen) atoms. The zero-order chi connectivity index (χ0) is 19.3. The quantitative estimate of drug-likeness (QED) is 0.658. The number of aliphatic hydroxyl groups is 1. The second-order valence-electron chi connectivity index (χ2n) is 8.16. The Balaban J connectivity index is 1.76. The second kappa shape index (κ2) is 6.41. The molecule has 0 radical (unpaired) electrons. The fourth-order valence-electron chi connectivity index (χ4n) is 2.57. The van der Waals surface area contributed by atoms with Crippen LogP contribution in [0.4, 0.5) is 5.95 Å². The molecule has 1 aliphatic rings. The van der Waals surface area contributed by atoms with Crippen LogP contribution < -0.4 is 11.3 Å². The fourth-order valence-corrected chi connectivity index (χ4v) is 3.59. The van der Waals surface area contributed by atoms with Crippen LogP contribution in [0.3, 0.4) is 0 Å². The summed E-state index contributed by atoms with van der Waals surface area (Å²) in [6.07, 6.45) is -1.47. The molecule has 0 saturated carbocycles. The van der Waals surface area contributed by atoms with E-state index >= 15 is 0 Å². The third-order valence-corrected chi connectivity index (χ3v) is 9.75. The summed E-state index contributed by atoms with van der Waals surface area (Å²) < 4.78 is 13.5. The van der Waals surface area contributed by atoms with Crippen LogP contribution in [0.5, 0.6) is 0 Å². The molecule has 0 bridgehead atoms. The number of aliphatic hydroxyl groups excluding tert-OH is 1. The molecule has 1 aliphatic heterocycles. The van der Waals surface area contributed by atoms with Crippen molar-refractivity contribution in [3.05, 3.63) is 10.4 Å². The average molecular weight is 382 g/mol. The van der Waals surface area contributed by atoms with Crippen molar-refractivity contribution >= 4 is 25.4 Å². The Morgan fingerprint density at radius 1 is 1.46 bits per heavy atom. The van der Waals surface area contributed by atoms with Crippen molar-refractivity contribution in [1.29, 1.82) is 0 Å². The summed E-state index contributed by atoms with van der Waals surface area (Å²) in [4.78, 5) is 18.3. The number of rotatable bonds is 4. The topological polar surface area (TPSA) is 141 Å². The largest absolute Gasteiger partial charge is 0.414 e. The van der Waals surface area contributed by atoms with Gasteiger partial charge < -0.3 is 20.0 Å². The Bertz CT molecular complexity index is 858. The minimum atomic E-state index is -1.95. The first kappa shape index (κ1) is 19.0. The molecule has 2 aromatic rings. The predicted octanol–water partition coefficient (Wildman–Crippen LogP) is 0.767. The zero-order valence-corrected chi connectivity index (χ0v) is 16.7. The number of anilines is 1. The number of aromatic amines is 1. The van der Waals surface area contributed by atoms with E-state index in [-0.39, 0.29) is 22.2 Å².